The second-order valence-electron chi connectivity index (χ2n) is 4.70. The van der Waals surface area contributed by atoms with Crippen LogP contribution in [-0.2, 0) is 6.42 Å². The fraction of sp³-hybridized carbons (Fsp3) is 0.333. The summed E-state index contributed by atoms with van der Waals surface area (Å²) in [6.07, 6.45) is 2.50. The second-order valence-corrected chi connectivity index (χ2v) is 5.85. The molecule has 1 aliphatic rings. The van der Waals surface area contributed by atoms with Crippen molar-refractivity contribution in [2.75, 3.05) is 11.9 Å². The molecule has 0 unspecified atom stereocenters. The van der Waals surface area contributed by atoms with Crippen LogP contribution in [0.3, 0.4) is 0 Å². The van der Waals surface area contributed by atoms with Gasteiger partial charge in [-0.15, -0.1) is 11.3 Å². The van der Waals surface area contributed by atoms with Gasteiger partial charge in [0.05, 0.1) is 22.1 Å². The molecular weight excluding hydrogens is 286 g/mol. The van der Waals surface area contributed by atoms with E-state index in [4.69, 9.17) is 4.74 Å². The largest absolute Gasteiger partial charge is 0.494 e. The van der Waals surface area contributed by atoms with Crippen LogP contribution >= 0.6 is 11.3 Å². The molecular formula is C15H17N3O2S. The summed E-state index contributed by atoms with van der Waals surface area (Å²) in [5.74, 6) is 0.611. The monoisotopic (exact) mass is 303 g/mol. The van der Waals surface area contributed by atoms with Crippen LogP contribution in [0.5, 0.6) is 5.75 Å². The highest BCUT2D eigenvalue weighted by molar-refractivity contribution is 7.11. The summed E-state index contributed by atoms with van der Waals surface area (Å²) in [5.41, 5.74) is 1.43. The molecule has 0 fully saturated rings. The Balaban J connectivity index is 1.86. The SMILES string of the molecule is CCOc1ccc2c(c1)C(=O)N[C@H](c1cnc(CC)s1)N2. The van der Waals surface area contributed by atoms with E-state index in [-0.39, 0.29) is 12.1 Å². The molecule has 2 aromatic rings. The number of hydrogen-bond acceptors (Lipinski definition) is 5. The molecule has 1 amide bonds. The third-order valence-electron chi connectivity index (χ3n) is 3.28. The summed E-state index contributed by atoms with van der Waals surface area (Å²) in [5, 5.41) is 7.36. The Hall–Kier alpha value is -2.08. The van der Waals surface area contributed by atoms with Crippen LogP contribution in [0.25, 0.3) is 0 Å². The maximum Gasteiger partial charge on any atom is 0.255 e. The molecule has 2 N–H and O–H groups in total. The molecule has 0 spiro atoms. The van der Waals surface area contributed by atoms with Gasteiger partial charge in [-0.05, 0) is 31.5 Å². The van der Waals surface area contributed by atoms with Crippen molar-refractivity contribution in [1.82, 2.24) is 10.3 Å². The number of rotatable bonds is 4. The molecule has 0 saturated heterocycles. The lowest BCUT2D eigenvalue weighted by Gasteiger charge is -2.27. The van der Waals surface area contributed by atoms with E-state index in [0.29, 0.717) is 17.9 Å². The molecule has 1 atom stereocenters. The van der Waals surface area contributed by atoms with Gasteiger partial charge in [0.25, 0.3) is 5.91 Å². The van der Waals surface area contributed by atoms with Crippen molar-refractivity contribution in [2.24, 2.45) is 0 Å². The van der Waals surface area contributed by atoms with Crippen LogP contribution in [-0.4, -0.2) is 17.5 Å². The number of hydrogen-bond donors (Lipinski definition) is 2. The van der Waals surface area contributed by atoms with Gasteiger partial charge in [-0.25, -0.2) is 4.98 Å². The molecule has 0 bridgehead atoms. The third-order valence-corrected chi connectivity index (χ3v) is 4.49. The molecule has 110 valence electrons. The van der Waals surface area contributed by atoms with Crippen LogP contribution in [0.1, 0.15) is 40.3 Å². The van der Waals surface area contributed by atoms with Gasteiger partial charge in [0.2, 0.25) is 0 Å². The number of benzene rings is 1. The standard InChI is InChI=1S/C15H17N3O2S/c1-3-13-16-8-12(21-13)14-17-11-6-5-9(20-4-2)7-10(11)15(19)18-14/h5-8,14,17H,3-4H2,1-2H3,(H,18,19)/t14-/m1/s1. The summed E-state index contributed by atoms with van der Waals surface area (Å²) in [7, 11) is 0. The highest BCUT2D eigenvalue weighted by atomic mass is 32.1. The average Bonchev–Trinajstić information content (AvgIpc) is 2.97. The van der Waals surface area contributed by atoms with Crippen molar-refractivity contribution in [1.29, 1.82) is 0 Å². The highest BCUT2D eigenvalue weighted by Crippen LogP contribution is 2.31. The molecule has 1 aromatic heterocycles. The number of anilines is 1. The Labute approximate surface area is 127 Å². The lowest BCUT2D eigenvalue weighted by atomic mass is 10.1. The number of ether oxygens (including phenoxy) is 1. The minimum atomic E-state index is -0.222. The Morgan fingerprint density at radius 2 is 2.19 bits per heavy atom. The predicted molar refractivity (Wildman–Crippen MR) is 82.9 cm³/mol. The molecule has 21 heavy (non-hydrogen) atoms. The van der Waals surface area contributed by atoms with Gasteiger partial charge in [0.1, 0.15) is 11.9 Å². The molecule has 1 aliphatic heterocycles. The van der Waals surface area contributed by atoms with E-state index in [1.165, 1.54) is 0 Å². The molecule has 6 heteroatoms. The summed E-state index contributed by atoms with van der Waals surface area (Å²) >= 11 is 1.61. The zero-order chi connectivity index (χ0) is 14.8. The van der Waals surface area contributed by atoms with Crippen molar-refractivity contribution in [3.05, 3.63) is 39.8 Å². The molecule has 3 rings (SSSR count). The lowest BCUT2D eigenvalue weighted by molar-refractivity contribution is 0.0936. The van der Waals surface area contributed by atoms with E-state index in [1.54, 1.807) is 17.4 Å². The second kappa shape index (κ2) is 5.73. The first kappa shape index (κ1) is 13.9. The molecule has 0 radical (unpaired) electrons. The Bertz CT molecular complexity index is 669. The molecule has 5 nitrogen and oxygen atoms in total. The topological polar surface area (TPSA) is 63.2 Å². The third kappa shape index (κ3) is 2.71. The fourth-order valence-electron chi connectivity index (χ4n) is 2.26. The van der Waals surface area contributed by atoms with E-state index < -0.39 is 0 Å². The number of aryl methyl sites for hydroxylation is 1. The summed E-state index contributed by atoms with van der Waals surface area (Å²) in [6.45, 7) is 4.57. The zero-order valence-electron chi connectivity index (χ0n) is 12.0. The summed E-state index contributed by atoms with van der Waals surface area (Å²) in [6, 6.07) is 5.52. The summed E-state index contributed by atoms with van der Waals surface area (Å²) in [4.78, 5) is 17.6. The fourth-order valence-corrected chi connectivity index (χ4v) is 3.12. The van der Waals surface area contributed by atoms with E-state index >= 15 is 0 Å². The smallest absolute Gasteiger partial charge is 0.255 e. The van der Waals surface area contributed by atoms with Gasteiger partial charge >= 0.3 is 0 Å². The van der Waals surface area contributed by atoms with Crippen LogP contribution < -0.4 is 15.4 Å². The Kier molecular flexibility index (Phi) is 3.79. The lowest BCUT2D eigenvalue weighted by Crippen LogP contribution is -2.38. The van der Waals surface area contributed by atoms with Crippen LogP contribution in [0.15, 0.2) is 24.4 Å². The first-order valence-corrected chi connectivity index (χ1v) is 7.81. The minimum absolute atomic E-state index is 0.0956. The van der Waals surface area contributed by atoms with Gasteiger partial charge in [0, 0.05) is 11.9 Å². The number of aromatic nitrogens is 1. The van der Waals surface area contributed by atoms with Gasteiger partial charge in [-0.3, -0.25) is 4.79 Å². The molecule has 0 saturated carbocycles. The van der Waals surface area contributed by atoms with E-state index in [2.05, 4.69) is 22.5 Å². The van der Waals surface area contributed by atoms with Crippen molar-refractivity contribution in [2.45, 2.75) is 26.4 Å². The van der Waals surface area contributed by atoms with Crippen LogP contribution in [0.2, 0.25) is 0 Å². The number of amides is 1. The van der Waals surface area contributed by atoms with Crippen LogP contribution in [0.4, 0.5) is 5.69 Å². The number of nitrogens with zero attached hydrogens (tertiary/aromatic N) is 1. The van der Waals surface area contributed by atoms with Gasteiger partial charge < -0.3 is 15.4 Å². The van der Waals surface area contributed by atoms with Gasteiger partial charge in [0.15, 0.2) is 0 Å². The first-order valence-electron chi connectivity index (χ1n) is 7.00. The molecule has 0 aliphatic carbocycles. The normalized spacial score (nSPS) is 16.9. The van der Waals surface area contributed by atoms with Gasteiger partial charge in [-0.2, -0.15) is 0 Å². The quantitative estimate of drug-likeness (QED) is 0.911. The maximum atomic E-state index is 12.3. The van der Waals surface area contributed by atoms with Crippen molar-refractivity contribution in [3.63, 3.8) is 0 Å². The van der Waals surface area contributed by atoms with Crippen molar-refractivity contribution >= 4 is 22.9 Å². The number of nitrogens with one attached hydrogen (secondary N) is 2. The number of carbonyl (C=O) groups is 1. The number of carbonyl (C=O) groups excluding carboxylic acids is 1. The Morgan fingerprint density at radius 3 is 2.90 bits per heavy atom. The molecule has 2 heterocycles. The minimum Gasteiger partial charge on any atom is -0.494 e. The van der Waals surface area contributed by atoms with E-state index in [9.17, 15) is 4.79 Å². The van der Waals surface area contributed by atoms with Crippen LogP contribution in [0, 0.1) is 0 Å². The van der Waals surface area contributed by atoms with E-state index in [0.717, 1.165) is 22.0 Å². The summed E-state index contributed by atoms with van der Waals surface area (Å²) < 4.78 is 5.43. The number of thiazole rings is 1. The van der Waals surface area contributed by atoms with Crippen molar-refractivity contribution in [3.8, 4) is 5.75 Å². The van der Waals surface area contributed by atoms with Gasteiger partial charge in [-0.1, -0.05) is 6.92 Å². The molecule has 1 aromatic carbocycles. The van der Waals surface area contributed by atoms with Crippen molar-refractivity contribution < 1.29 is 9.53 Å². The average molecular weight is 303 g/mol. The Morgan fingerprint density at radius 1 is 1.33 bits per heavy atom. The first-order chi connectivity index (χ1) is 10.2. The number of fused-ring (bicyclic) bond motifs is 1. The zero-order valence-corrected chi connectivity index (χ0v) is 12.8. The highest BCUT2D eigenvalue weighted by Gasteiger charge is 2.26. The van der Waals surface area contributed by atoms with E-state index in [1.807, 2.05) is 25.3 Å². The predicted octanol–water partition coefficient (Wildman–Crippen LogP) is 2.96. The maximum absolute atomic E-state index is 12.3.